The molecule has 0 amide bonds. The molecule has 3 unspecified atom stereocenters. The Kier molecular flexibility index (Phi) is 69.6. The largest absolute Gasteiger partial charge is 0.472 e. The monoisotopic (exact) mass is 1480 g/mol. The highest BCUT2D eigenvalue weighted by Gasteiger charge is 2.30. The van der Waals surface area contributed by atoms with E-state index in [2.05, 4.69) is 55.4 Å². The number of unbranched alkanes of at least 4 members (excludes halogenated alkanes) is 44. The number of hydrogen-bond acceptors (Lipinski definition) is 15. The molecular weight excluding hydrogens is 1320 g/mol. The van der Waals surface area contributed by atoms with Gasteiger partial charge in [-0.2, -0.15) is 0 Å². The van der Waals surface area contributed by atoms with E-state index in [1.165, 1.54) is 225 Å². The van der Waals surface area contributed by atoms with Gasteiger partial charge in [0.15, 0.2) is 12.2 Å². The van der Waals surface area contributed by atoms with Crippen molar-refractivity contribution >= 4 is 39.5 Å². The molecule has 0 saturated carbocycles. The first kappa shape index (κ1) is 99.1. The van der Waals surface area contributed by atoms with Crippen molar-refractivity contribution in [3.63, 3.8) is 0 Å². The molecule has 0 fully saturated rings. The van der Waals surface area contributed by atoms with E-state index in [0.717, 1.165) is 114 Å². The minimum absolute atomic E-state index is 0.106. The zero-order valence-corrected chi connectivity index (χ0v) is 68.3. The quantitative estimate of drug-likeness (QED) is 0.0222. The van der Waals surface area contributed by atoms with Crippen LogP contribution in [-0.4, -0.2) is 96.7 Å². The summed E-state index contributed by atoms with van der Waals surface area (Å²) < 4.78 is 68.8. The van der Waals surface area contributed by atoms with Crippen LogP contribution in [0.3, 0.4) is 0 Å². The lowest BCUT2D eigenvalue weighted by atomic mass is 9.99. The van der Waals surface area contributed by atoms with E-state index in [9.17, 15) is 43.2 Å². The van der Waals surface area contributed by atoms with Crippen LogP contribution in [0.15, 0.2) is 0 Å². The van der Waals surface area contributed by atoms with Crippen LogP contribution in [0.4, 0.5) is 0 Å². The Morgan fingerprint density at radius 1 is 0.277 bits per heavy atom. The Morgan fingerprint density at radius 3 is 0.703 bits per heavy atom. The van der Waals surface area contributed by atoms with E-state index < -0.39 is 97.5 Å². The summed E-state index contributed by atoms with van der Waals surface area (Å²) in [6.07, 6.45) is 58.1. The third-order valence-corrected chi connectivity index (χ3v) is 21.3. The fraction of sp³-hybridized carbons (Fsp3) is 0.951. The van der Waals surface area contributed by atoms with Gasteiger partial charge in [0.1, 0.15) is 19.3 Å². The van der Waals surface area contributed by atoms with Gasteiger partial charge in [-0.1, -0.05) is 370 Å². The number of ether oxygens (including phenoxy) is 4. The topological polar surface area (TPSA) is 237 Å². The Bertz CT molecular complexity index is 1970. The van der Waals surface area contributed by atoms with Crippen LogP contribution < -0.4 is 0 Å². The molecule has 0 saturated heterocycles. The number of phosphoric ester groups is 2. The van der Waals surface area contributed by atoms with Crippen LogP contribution in [0.25, 0.3) is 0 Å². The fourth-order valence-electron chi connectivity index (χ4n) is 12.6. The second-order valence-corrected chi connectivity index (χ2v) is 34.1. The summed E-state index contributed by atoms with van der Waals surface area (Å²) in [5.74, 6) is 1.04. The molecule has 0 aliphatic heterocycles. The predicted octanol–water partition coefficient (Wildman–Crippen LogP) is 24.4. The molecule has 0 radical (unpaired) electrons. The standard InChI is InChI=1S/C82H160O17P2/c1-9-75(8)61-53-45-37-29-19-15-11-13-17-21-32-40-48-56-64-81(86)98-77(68-92-79(84)62-54-46-38-30-20-16-12-10-14-18-26-34-42-50-58-72(2)3)70-96-100(88,89)94-66-76(83)67-95-101(90,91)97-71-78(99-82(87)65-57-49-41-33-25-23-28-36-44-52-60-74(6)7)69-93-80(85)63-55-47-39-31-24-22-27-35-43-51-59-73(4)5/h72-78,83H,9-71H2,1-8H3,(H,88,89)(H,90,91)/t75?,76-,77-,78-/m1/s1. The zero-order chi connectivity index (χ0) is 74.6. The van der Waals surface area contributed by atoms with Gasteiger partial charge in [0, 0.05) is 25.7 Å². The molecule has 3 N–H and O–H groups in total. The highest BCUT2D eigenvalue weighted by molar-refractivity contribution is 7.47. The van der Waals surface area contributed by atoms with E-state index in [-0.39, 0.29) is 25.7 Å². The number of rotatable bonds is 79. The average molecular weight is 1480 g/mol. The first-order chi connectivity index (χ1) is 48.6. The molecule has 0 aliphatic rings. The van der Waals surface area contributed by atoms with E-state index >= 15 is 0 Å². The third-order valence-electron chi connectivity index (χ3n) is 19.4. The van der Waals surface area contributed by atoms with Crippen molar-refractivity contribution in [2.75, 3.05) is 39.6 Å². The maximum Gasteiger partial charge on any atom is 0.472 e. The minimum atomic E-state index is -4.96. The number of esters is 4. The van der Waals surface area contributed by atoms with Crippen LogP contribution in [0.2, 0.25) is 0 Å². The van der Waals surface area contributed by atoms with Crippen LogP contribution >= 0.6 is 15.6 Å². The van der Waals surface area contributed by atoms with Gasteiger partial charge in [-0.05, 0) is 49.4 Å². The summed E-state index contributed by atoms with van der Waals surface area (Å²) in [5.41, 5.74) is 0. The highest BCUT2D eigenvalue weighted by atomic mass is 31.2. The highest BCUT2D eigenvalue weighted by Crippen LogP contribution is 2.45. The Balaban J connectivity index is 5.27. The maximum atomic E-state index is 13.1. The second kappa shape index (κ2) is 71.0. The lowest BCUT2D eigenvalue weighted by Crippen LogP contribution is -2.30. The van der Waals surface area contributed by atoms with Crippen LogP contribution in [0, 0.1) is 23.7 Å². The van der Waals surface area contributed by atoms with Gasteiger partial charge in [-0.25, -0.2) is 9.13 Å². The SMILES string of the molecule is CCC(C)CCCCCCCCCCCCCCCCC(=O)O[C@H](COC(=O)CCCCCCCCCCCCCCCCC(C)C)COP(=O)(O)OC[C@@H](O)COP(=O)(O)OC[C@@H](COC(=O)CCCCCCCCCCCCC(C)C)OC(=O)CCCCCCCCCCCCC(C)C. The maximum absolute atomic E-state index is 13.1. The lowest BCUT2D eigenvalue weighted by Gasteiger charge is -2.21. The molecule has 6 atom stereocenters. The van der Waals surface area contributed by atoms with Gasteiger partial charge < -0.3 is 33.8 Å². The summed E-state index contributed by atoms with van der Waals surface area (Å²) in [5, 5.41) is 10.7. The molecule has 0 bridgehead atoms. The molecule has 101 heavy (non-hydrogen) atoms. The van der Waals surface area contributed by atoms with Crippen LogP contribution in [-0.2, 0) is 65.4 Å². The van der Waals surface area contributed by atoms with Crippen LogP contribution in [0.1, 0.15) is 421 Å². The molecular formula is C82H160O17P2. The van der Waals surface area contributed by atoms with Crippen molar-refractivity contribution in [3.05, 3.63) is 0 Å². The molecule has 0 aromatic carbocycles. The molecule has 0 aromatic rings. The van der Waals surface area contributed by atoms with Gasteiger partial charge in [0.25, 0.3) is 0 Å². The summed E-state index contributed by atoms with van der Waals surface area (Å²) in [4.78, 5) is 73.1. The van der Waals surface area contributed by atoms with Crippen LogP contribution in [0.5, 0.6) is 0 Å². The molecule has 0 heterocycles. The predicted molar refractivity (Wildman–Crippen MR) is 414 cm³/mol. The smallest absolute Gasteiger partial charge is 0.462 e. The summed E-state index contributed by atoms with van der Waals surface area (Å²) in [6, 6.07) is 0. The van der Waals surface area contributed by atoms with E-state index in [0.29, 0.717) is 25.7 Å². The van der Waals surface area contributed by atoms with Crippen molar-refractivity contribution in [2.24, 2.45) is 23.7 Å². The molecule has 0 aromatic heterocycles. The first-order valence-electron chi connectivity index (χ1n) is 42.2. The van der Waals surface area contributed by atoms with Gasteiger partial charge in [-0.3, -0.25) is 37.3 Å². The average Bonchev–Trinajstić information content (AvgIpc) is 0.925. The summed E-state index contributed by atoms with van der Waals surface area (Å²) in [6.45, 7) is 14.3. The minimum Gasteiger partial charge on any atom is -0.462 e. The normalized spacial score (nSPS) is 14.3. The van der Waals surface area contributed by atoms with Gasteiger partial charge >= 0.3 is 39.5 Å². The van der Waals surface area contributed by atoms with Gasteiger partial charge in [0.2, 0.25) is 0 Å². The molecule has 0 rings (SSSR count). The Labute approximate surface area is 619 Å². The number of carbonyl (C=O) groups is 4. The van der Waals surface area contributed by atoms with Crippen molar-refractivity contribution in [1.82, 2.24) is 0 Å². The molecule has 19 heteroatoms. The van der Waals surface area contributed by atoms with Crippen molar-refractivity contribution < 1.29 is 80.2 Å². The molecule has 17 nitrogen and oxygen atoms in total. The summed E-state index contributed by atoms with van der Waals surface area (Å²) >= 11 is 0. The van der Waals surface area contributed by atoms with Gasteiger partial charge in [-0.15, -0.1) is 0 Å². The lowest BCUT2D eigenvalue weighted by molar-refractivity contribution is -0.161. The zero-order valence-electron chi connectivity index (χ0n) is 66.5. The molecule has 600 valence electrons. The fourth-order valence-corrected chi connectivity index (χ4v) is 14.2. The third kappa shape index (κ3) is 74.7. The van der Waals surface area contributed by atoms with Gasteiger partial charge in [0.05, 0.1) is 26.4 Å². The first-order valence-corrected chi connectivity index (χ1v) is 45.2. The number of carbonyl (C=O) groups excluding carboxylic acids is 4. The second-order valence-electron chi connectivity index (χ2n) is 31.2. The molecule has 0 spiro atoms. The van der Waals surface area contributed by atoms with E-state index in [4.69, 9.17) is 37.0 Å². The van der Waals surface area contributed by atoms with Crippen molar-refractivity contribution in [3.8, 4) is 0 Å². The Morgan fingerprint density at radius 2 is 0.475 bits per heavy atom. The molecule has 0 aliphatic carbocycles. The number of hydrogen-bond donors (Lipinski definition) is 3. The summed E-state index contributed by atoms with van der Waals surface area (Å²) in [7, 11) is -9.92. The number of aliphatic hydroxyl groups excluding tert-OH is 1. The van der Waals surface area contributed by atoms with Crippen molar-refractivity contribution in [2.45, 2.75) is 440 Å². The Hall–Kier alpha value is -1.94. The number of aliphatic hydroxyl groups is 1. The number of phosphoric acid groups is 2. The van der Waals surface area contributed by atoms with Crippen molar-refractivity contribution in [1.29, 1.82) is 0 Å². The van der Waals surface area contributed by atoms with E-state index in [1.54, 1.807) is 0 Å². The van der Waals surface area contributed by atoms with E-state index in [1.807, 2.05) is 0 Å².